The number of anilines is 2. The van der Waals surface area contributed by atoms with Crippen molar-refractivity contribution in [1.29, 1.82) is 5.26 Å². The van der Waals surface area contributed by atoms with E-state index < -0.39 is 11.3 Å². The topological polar surface area (TPSA) is 121 Å². The minimum absolute atomic E-state index is 0.196. The number of benzene rings is 2. The quantitative estimate of drug-likeness (QED) is 0.513. The first-order valence-electron chi connectivity index (χ1n) is 9.81. The first-order valence-corrected chi connectivity index (χ1v) is 10.2. The van der Waals surface area contributed by atoms with Gasteiger partial charge in [-0.15, -0.1) is 0 Å². The highest BCUT2D eigenvalue weighted by molar-refractivity contribution is 6.34. The fraction of sp³-hybridized carbons (Fsp3) is 0.167. The van der Waals surface area contributed by atoms with Gasteiger partial charge in [-0.1, -0.05) is 23.7 Å². The summed E-state index contributed by atoms with van der Waals surface area (Å²) in [6, 6.07) is 15.5. The number of pyridine rings is 1. The number of carbonyl (C=O) groups excluding carboxylic acids is 2. The molecule has 0 aliphatic rings. The number of nitrogens with two attached hydrogens (primary N) is 1. The molecule has 0 atom stereocenters. The molecule has 1 aromatic heterocycles. The SMILES string of the molecule is CC(C)(C#N)c1cccc(C(=O)Nc2ccc(Cl)c(C(=O)Nc3cncc(CN)c3)c2)c1. The van der Waals surface area contributed by atoms with Crippen LogP contribution < -0.4 is 16.4 Å². The smallest absolute Gasteiger partial charge is 0.257 e. The van der Waals surface area contributed by atoms with Gasteiger partial charge in [0, 0.05) is 24.0 Å². The van der Waals surface area contributed by atoms with E-state index in [0.717, 1.165) is 11.1 Å². The second-order valence-corrected chi connectivity index (χ2v) is 8.11. The molecule has 1 heterocycles. The molecule has 0 radical (unpaired) electrons. The van der Waals surface area contributed by atoms with Gasteiger partial charge in [0.1, 0.15) is 0 Å². The number of carbonyl (C=O) groups is 2. The summed E-state index contributed by atoms with van der Waals surface area (Å²) >= 11 is 6.22. The Morgan fingerprint density at radius 1 is 1.06 bits per heavy atom. The van der Waals surface area contributed by atoms with Crippen LogP contribution in [-0.4, -0.2) is 16.8 Å². The Balaban J connectivity index is 1.80. The Morgan fingerprint density at radius 3 is 2.53 bits per heavy atom. The zero-order chi connectivity index (χ0) is 23.3. The molecule has 3 aromatic rings. The predicted molar refractivity (Wildman–Crippen MR) is 125 cm³/mol. The van der Waals surface area contributed by atoms with Crippen LogP contribution in [0.15, 0.2) is 60.9 Å². The molecule has 162 valence electrons. The molecule has 7 nitrogen and oxygen atoms in total. The summed E-state index contributed by atoms with van der Waals surface area (Å²) in [5.41, 5.74) is 7.88. The Kier molecular flexibility index (Phi) is 6.89. The van der Waals surface area contributed by atoms with Crippen LogP contribution in [0.4, 0.5) is 11.4 Å². The number of hydrogen-bond donors (Lipinski definition) is 3. The fourth-order valence-corrected chi connectivity index (χ4v) is 3.16. The van der Waals surface area contributed by atoms with Crippen LogP contribution in [0.1, 0.15) is 45.7 Å². The molecule has 0 aliphatic heterocycles. The van der Waals surface area contributed by atoms with Crippen molar-refractivity contribution in [3.05, 3.63) is 88.2 Å². The number of nitrogens with one attached hydrogen (secondary N) is 2. The Hall–Kier alpha value is -3.73. The van der Waals surface area contributed by atoms with Gasteiger partial charge in [-0.25, -0.2) is 0 Å². The van der Waals surface area contributed by atoms with Crippen LogP contribution in [0.5, 0.6) is 0 Å². The minimum Gasteiger partial charge on any atom is -0.326 e. The third-order valence-electron chi connectivity index (χ3n) is 4.88. The monoisotopic (exact) mass is 447 g/mol. The van der Waals surface area contributed by atoms with Gasteiger partial charge in [0.25, 0.3) is 11.8 Å². The van der Waals surface area contributed by atoms with Gasteiger partial charge in [-0.3, -0.25) is 14.6 Å². The number of aromatic nitrogens is 1. The number of amides is 2. The summed E-state index contributed by atoms with van der Waals surface area (Å²) < 4.78 is 0. The first kappa shape index (κ1) is 22.9. The molecule has 2 aromatic carbocycles. The van der Waals surface area contributed by atoms with E-state index in [9.17, 15) is 14.9 Å². The van der Waals surface area contributed by atoms with E-state index in [4.69, 9.17) is 17.3 Å². The fourth-order valence-electron chi connectivity index (χ4n) is 2.96. The van der Waals surface area contributed by atoms with E-state index in [2.05, 4.69) is 21.7 Å². The van der Waals surface area contributed by atoms with Gasteiger partial charge in [0.15, 0.2) is 0 Å². The van der Waals surface area contributed by atoms with Gasteiger partial charge in [0.2, 0.25) is 0 Å². The maximum Gasteiger partial charge on any atom is 0.257 e. The lowest BCUT2D eigenvalue weighted by Gasteiger charge is -2.16. The Morgan fingerprint density at radius 2 is 1.81 bits per heavy atom. The molecule has 0 fully saturated rings. The summed E-state index contributed by atoms with van der Waals surface area (Å²) in [7, 11) is 0. The van der Waals surface area contributed by atoms with E-state index in [1.807, 2.05) is 0 Å². The van der Waals surface area contributed by atoms with Gasteiger partial charge >= 0.3 is 0 Å². The van der Waals surface area contributed by atoms with Gasteiger partial charge in [-0.05, 0) is 61.4 Å². The molecule has 32 heavy (non-hydrogen) atoms. The van der Waals surface area contributed by atoms with E-state index in [1.54, 1.807) is 56.4 Å². The lowest BCUT2D eigenvalue weighted by Crippen LogP contribution is -2.17. The molecule has 0 spiro atoms. The normalized spacial score (nSPS) is 10.8. The van der Waals surface area contributed by atoms with Crippen LogP contribution >= 0.6 is 11.6 Å². The maximum atomic E-state index is 12.8. The van der Waals surface area contributed by atoms with Gasteiger partial charge in [-0.2, -0.15) is 5.26 Å². The molecule has 0 bridgehead atoms. The van der Waals surface area contributed by atoms with E-state index >= 15 is 0 Å². The van der Waals surface area contributed by atoms with Crippen LogP contribution in [0.2, 0.25) is 5.02 Å². The summed E-state index contributed by atoms with van der Waals surface area (Å²) in [5, 5.41) is 15.1. The molecule has 0 aliphatic carbocycles. The van der Waals surface area contributed by atoms with E-state index in [-0.39, 0.29) is 16.5 Å². The largest absolute Gasteiger partial charge is 0.326 e. The van der Waals surface area contributed by atoms with Crippen LogP contribution in [-0.2, 0) is 12.0 Å². The van der Waals surface area contributed by atoms with Crippen LogP contribution in [0.25, 0.3) is 0 Å². The zero-order valence-corrected chi connectivity index (χ0v) is 18.4. The standard InChI is InChI=1S/C24H22ClN5O2/c1-24(2,14-27)17-5-3-4-16(9-17)22(31)29-18-6-7-21(25)20(10-18)23(32)30-19-8-15(11-26)12-28-13-19/h3-10,12-13H,11,26H2,1-2H3,(H,29,31)(H,30,32). The van der Waals surface area contributed by atoms with Gasteiger partial charge < -0.3 is 16.4 Å². The number of nitriles is 1. The summed E-state index contributed by atoms with van der Waals surface area (Å²) in [6.45, 7) is 3.87. The Bertz CT molecular complexity index is 1220. The van der Waals surface area contributed by atoms with Crippen molar-refractivity contribution >= 4 is 34.8 Å². The number of rotatable bonds is 6. The second kappa shape index (κ2) is 9.60. The molecule has 4 N–H and O–H groups in total. The first-order chi connectivity index (χ1) is 15.2. The molecule has 8 heteroatoms. The highest BCUT2D eigenvalue weighted by atomic mass is 35.5. The zero-order valence-electron chi connectivity index (χ0n) is 17.6. The van der Waals surface area contributed by atoms with Crippen molar-refractivity contribution in [2.75, 3.05) is 10.6 Å². The molecular formula is C24H22ClN5O2. The highest BCUT2D eigenvalue weighted by Gasteiger charge is 2.21. The van der Waals surface area contributed by atoms with Crippen LogP contribution in [0.3, 0.4) is 0 Å². The third-order valence-corrected chi connectivity index (χ3v) is 5.21. The molecular weight excluding hydrogens is 426 g/mol. The lowest BCUT2D eigenvalue weighted by molar-refractivity contribution is 0.101. The van der Waals surface area contributed by atoms with Gasteiger partial charge in [0.05, 0.1) is 34.0 Å². The maximum absolute atomic E-state index is 12.8. The highest BCUT2D eigenvalue weighted by Crippen LogP contribution is 2.25. The molecule has 0 saturated heterocycles. The van der Waals surface area contributed by atoms with Crippen molar-refractivity contribution in [3.63, 3.8) is 0 Å². The van der Waals surface area contributed by atoms with Crippen molar-refractivity contribution in [2.24, 2.45) is 5.73 Å². The number of nitrogens with zero attached hydrogens (tertiary/aromatic N) is 2. The van der Waals surface area contributed by atoms with Crippen LogP contribution in [0, 0.1) is 11.3 Å². The Labute approximate surface area is 191 Å². The second-order valence-electron chi connectivity index (χ2n) is 7.71. The van der Waals surface area contributed by atoms with E-state index in [1.165, 1.54) is 18.3 Å². The number of halogens is 1. The number of hydrogen-bond acceptors (Lipinski definition) is 5. The average Bonchev–Trinajstić information content (AvgIpc) is 2.80. The van der Waals surface area contributed by atoms with Crippen molar-refractivity contribution in [1.82, 2.24) is 4.98 Å². The molecule has 0 saturated carbocycles. The predicted octanol–water partition coefficient (Wildman–Crippen LogP) is 4.50. The van der Waals surface area contributed by atoms with Crippen molar-refractivity contribution in [2.45, 2.75) is 25.8 Å². The lowest BCUT2D eigenvalue weighted by atomic mass is 9.85. The summed E-state index contributed by atoms with van der Waals surface area (Å²) in [5.74, 6) is -0.811. The van der Waals surface area contributed by atoms with Crippen molar-refractivity contribution < 1.29 is 9.59 Å². The summed E-state index contributed by atoms with van der Waals surface area (Å²) in [4.78, 5) is 29.5. The van der Waals surface area contributed by atoms with E-state index in [0.29, 0.717) is 23.5 Å². The van der Waals surface area contributed by atoms with Crippen molar-refractivity contribution in [3.8, 4) is 6.07 Å². The molecule has 3 rings (SSSR count). The third kappa shape index (κ3) is 5.30. The average molecular weight is 448 g/mol. The molecule has 0 unspecified atom stereocenters. The summed E-state index contributed by atoms with van der Waals surface area (Å²) in [6.07, 6.45) is 3.12. The minimum atomic E-state index is -0.724. The molecule has 2 amide bonds.